The number of hydrogen-bond acceptors (Lipinski definition) is 0. The Hall–Kier alpha value is -5.28. The molecule has 3 nitrogen and oxygen atoms in total. The lowest BCUT2D eigenvalue weighted by atomic mass is 9.76. The van der Waals surface area contributed by atoms with Gasteiger partial charge in [0.15, 0.2) is 24.6 Å². The first-order valence-corrected chi connectivity index (χ1v) is 18.3. The molecule has 6 heterocycles. The minimum absolute atomic E-state index is 0.0274. The summed E-state index contributed by atoms with van der Waals surface area (Å²) in [5.41, 5.74) is 15.9. The Labute approximate surface area is 294 Å². The van der Waals surface area contributed by atoms with Crippen molar-refractivity contribution in [1.29, 1.82) is 0 Å². The third-order valence-corrected chi connectivity index (χ3v) is 11.7. The number of aryl methyl sites for hydroxylation is 1. The molecule has 0 radical (unpaired) electrons. The third kappa shape index (κ3) is 4.10. The van der Waals surface area contributed by atoms with Gasteiger partial charge >= 0.3 is 0 Å². The average Bonchev–Trinajstić information content (AvgIpc) is 3.63. The highest BCUT2D eigenvalue weighted by atomic mass is 15.0. The Morgan fingerprint density at radius 3 is 2.28 bits per heavy atom. The summed E-state index contributed by atoms with van der Waals surface area (Å²) in [4.78, 5) is 0. The fraction of sp³-hybridized carbons (Fsp3) is 0.234. The van der Waals surface area contributed by atoms with Gasteiger partial charge in [-0.25, -0.2) is 0 Å². The van der Waals surface area contributed by atoms with Crippen molar-refractivity contribution in [2.45, 2.75) is 71.3 Å². The van der Waals surface area contributed by atoms with Crippen molar-refractivity contribution in [3.63, 3.8) is 0 Å². The van der Waals surface area contributed by atoms with Crippen LogP contribution in [0.15, 0.2) is 116 Å². The van der Waals surface area contributed by atoms with Gasteiger partial charge in [0.05, 0.1) is 28.0 Å². The topological polar surface area (TPSA) is 12.2 Å². The second-order valence-corrected chi connectivity index (χ2v) is 16.1. The highest BCUT2D eigenvalue weighted by Crippen LogP contribution is 2.49. The zero-order valence-electron chi connectivity index (χ0n) is 29.8. The van der Waals surface area contributed by atoms with Crippen LogP contribution in [0, 0.1) is 6.92 Å². The maximum Gasteiger partial charge on any atom is 0.218 e. The minimum Gasteiger partial charge on any atom is -0.308 e. The smallest absolute Gasteiger partial charge is 0.218 e. The summed E-state index contributed by atoms with van der Waals surface area (Å²) < 4.78 is 7.57. The molecule has 3 heteroatoms. The van der Waals surface area contributed by atoms with E-state index < -0.39 is 0 Å². The molecule has 2 atom stereocenters. The number of nitrogens with zero attached hydrogens (tertiary/aromatic N) is 3. The van der Waals surface area contributed by atoms with Crippen molar-refractivity contribution in [3.8, 4) is 22.5 Å². The Kier molecular flexibility index (Phi) is 6.14. The van der Waals surface area contributed by atoms with Crippen molar-refractivity contribution in [1.82, 2.24) is 4.40 Å². The molecule has 2 aliphatic rings. The molecule has 4 aromatic heterocycles. The molecule has 244 valence electrons. The van der Waals surface area contributed by atoms with E-state index in [-0.39, 0.29) is 17.4 Å². The zero-order valence-corrected chi connectivity index (χ0v) is 29.8. The van der Waals surface area contributed by atoms with Gasteiger partial charge in [0.25, 0.3) is 0 Å². The fourth-order valence-corrected chi connectivity index (χ4v) is 9.13. The third-order valence-electron chi connectivity index (χ3n) is 11.7. The number of fused-ring (bicyclic) bond motifs is 16. The summed E-state index contributed by atoms with van der Waals surface area (Å²) in [7, 11) is 0. The second kappa shape index (κ2) is 10.4. The summed E-state index contributed by atoms with van der Waals surface area (Å²) in [6.45, 7) is 13.8. The fourth-order valence-electron chi connectivity index (χ4n) is 9.13. The van der Waals surface area contributed by atoms with E-state index in [4.69, 9.17) is 0 Å². The first kappa shape index (κ1) is 29.6. The molecule has 2 aliphatic heterocycles. The van der Waals surface area contributed by atoms with Crippen LogP contribution in [0.1, 0.15) is 86.7 Å². The van der Waals surface area contributed by atoms with Gasteiger partial charge in [0, 0.05) is 55.9 Å². The maximum atomic E-state index is 2.60. The van der Waals surface area contributed by atoms with E-state index in [1.807, 2.05) is 0 Å². The molecule has 0 saturated carbocycles. The Balaban J connectivity index is 1.39. The van der Waals surface area contributed by atoms with Gasteiger partial charge in [0.2, 0.25) is 11.4 Å². The van der Waals surface area contributed by atoms with E-state index in [0.29, 0.717) is 5.92 Å². The summed E-state index contributed by atoms with van der Waals surface area (Å²) in [5.74, 6) is 0.719. The molecule has 0 aliphatic carbocycles. The highest BCUT2D eigenvalue weighted by Gasteiger charge is 2.43. The van der Waals surface area contributed by atoms with Crippen LogP contribution in [0.3, 0.4) is 0 Å². The predicted octanol–water partition coefficient (Wildman–Crippen LogP) is 11.0. The van der Waals surface area contributed by atoms with Gasteiger partial charge in [-0.2, -0.15) is 9.13 Å². The Morgan fingerprint density at radius 2 is 1.46 bits per heavy atom. The average molecular weight is 650 g/mol. The van der Waals surface area contributed by atoms with Crippen molar-refractivity contribution in [2.24, 2.45) is 0 Å². The van der Waals surface area contributed by atoms with Gasteiger partial charge in [-0.15, -0.1) is 0 Å². The first-order chi connectivity index (χ1) is 24.2. The van der Waals surface area contributed by atoms with E-state index in [9.17, 15) is 0 Å². The molecule has 0 spiro atoms. The zero-order chi connectivity index (χ0) is 34.1. The molecule has 0 fully saturated rings. The van der Waals surface area contributed by atoms with Gasteiger partial charge in [-0.1, -0.05) is 71.0 Å². The predicted molar refractivity (Wildman–Crippen MR) is 207 cm³/mol. The number of pyridine rings is 2. The van der Waals surface area contributed by atoms with E-state index in [1.165, 1.54) is 88.4 Å². The summed E-state index contributed by atoms with van der Waals surface area (Å²) in [6, 6.07) is 37.6. The van der Waals surface area contributed by atoms with Gasteiger partial charge in [0.1, 0.15) is 0 Å². The molecule has 0 bridgehead atoms. The molecule has 0 N–H and O–H groups in total. The quantitative estimate of drug-likeness (QED) is 0.157. The second-order valence-electron chi connectivity index (χ2n) is 16.1. The highest BCUT2D eigenvalue weighted by molar-refractivity contribution is 6.24. The van der Waals surface area contributed by atoms with Crippen molar-refractivity contribution in [2.75, 3.05) is 0 Å². The number of allylic oxidation sites excluding steroid dienone is 1. The Morgan fingerprint density at radius 1 is 0.700 bits per heavy atom. The maximum absolute atomic E-state index is 2.60. The number of aromatic nitrogens is 3. The molecule has 0 amide bonds. The molecular formula is C47H43N3+2. The van der Waals surface area contributed by atoms with Crippen LogP contribution >= 0.6 is 0 Å². The number of para-hydroxylation sites is 1. The largest absolute Gasteiger partial charge is 0.308 e. The molecule has 50 heavy (non-hydrogen) atoms. The lowest BCUT2D eigenvalue weighted by molar-refractivity contribution is -0.708. The van der Waals surface area contributed by atoms with Crippen LogP contribution in [0.5, 0.6) is 0 Å². The summed E-state index contributed by atoms with van der Waals surface area (Å²) in [6.07, 6.45) is 10.4. The number of rotatable bonds is 1. The normalized spacial score (nSPS) is 17.7. The van der Waals surface area contributed by atoms with Crippen LogP contribution in [-0.4, -0.2) is 4.40 Å². The molecule has 0 saturated heterocycles. The van der Waals surface area contributed by atoms with Crippen LogP contribution < -0.4 is 9.13 Å². The van der Waals surface area contributed by atoms with E-state index >= 15 is 0 Å². The molecular weight excluding hydrogens is 607 g/mol. The van der Waals surface area contributed by atoms with Crippen molar-refractivity contribution < 1.29 is 9.13 Å². The van der Waals surface area contributed by atoms with Crippen LogP contribution in [-0.2, 0) is 5.41 Å². The minimum atomic E-state index is 0.0274. The lowest BCUT2D eigenvalue weighted by Crippen LogP contribution is -2.48. The lowest BCUT2D eigenvalue weighted by Gasteiger charge is -2.31. The van der Waals surface area contributed by atoms with Gasteiger partial charge < -0.3 is 4.40 Å². The van der Waals surface area contributed by atoms with Gasteiger partial charge in [-0.3, -0.25) is 0 Å². The summed E-state index contributed by atoms with van der Waals surface area (Å²) in [5, 5.41) is 5.35. The monoisotopic (exact) mass is 649 g/mol. The molecule has 10 rings (SSSR count). The molecule has 4 aromatic carbocycles. The standard InChI is InChI=1S/C47H43N3/c1-28(2)30-18-20-41-36-24-37-39-23-31(47(4,5)6)22-38-34-14-9-10-16-43(34)50(46(38)39)44(37)25-40(36)45-35(15-11-21-48(41)27-30)32-12-7-8-13-33(32)42-19-17-29(3)26-49(42)45/h7-14,16-28,35,45H,15H2,1-6H3/q+2/b21-11+. The van der Waals surface area contributed by atoms with Crippen molar-refractivity contribution in [3.05, 3.63) is 143 Å². The molecule has 8 aromatic rings. The van der Waals surface area contributed by atoms with Crippen LogP contribution in [0.2, 0.25) is 0 Å². The van der Waals surface area contributed by atoms with Crippen molar-refractivity contribution >= 4 is 44.3 Å². The van der Waals surface area contributed by atoms with Crippen LogP contribution in [0.25, 0.3) is 66.8 Å². The number of benzene rings is 4. The number of hydrogen-bond donors (Lipinski definition) is 0. The van der Waals surface area contributed by atoms with E-state index in [0.717, 1.165) is 6.42 Å². The van der Waals surface area contributed by atoms with Crippen LogP contribution in [0.4, 0.5) is 0 Å². The van der Waals surface area contributed by atoms with Gasteiger partial charge in [-0.05, 0) is 90.4 Å². The first-order valence-electron chi connectivity index (χ1n) is 18.3. The van der Waals surface area contributed by atoms with E-state index in [2.05, 4.69) is 177 Å². The molecule has 2 unspecified atom stereocenters. The van der Waals surface area contributed by atoms with E-state index in [1.54, 1.807) is 0 Å². The summed E-state index contributed by atoms with van der Waals surface area (Å²) >= 11 is 0. The SMILES string of the molecule is Cc1ccc2[n+](c1)C1c3cc4c(cc3-c3ccc(C(C)C)c[n+]3/C=C/CC1c1ccccc1-2)c1cc(C(C)(C)C)cc2c3ccccc3n4c21. The Bertz CT molecular complexity index is 2720.